The van der Waals surface area contributed by atoms with Gasteiger partial charge in [0, 0.05) is 6.07 Å². The van der Waals surface area contributed by atoms with Crippen molar-refractivity contribution in [3.8, 4) is 0 Å². The van der Waals surface area contributed by atoms with Gasteiger partial charge in [0.2, 0.25) is 0 Å². The van der Waals surface area contributed by atoms with Crippen molar-refractivity contribution in [2.75, 3.05) is 18.8 Å². The minimum atomic E-state index is -1.36. The zero-order valence-corrected chi connectivity index (χ0v) is 51.3. The molecule has 2 unspecified atom stereocenters. The Hall–Kier alpha value is -7.20. The third-order valence-electron chi connectivity index (χ3n) is 14.3. The average Bonchev–Trinajstić information content (AvgIpc) is 2.36. The molecule has 0 heterocycles. The van der Waals surface area contributed by atoms with E-state index in [2.05, 4.69) is 71.7 Å². The first kappa shape index (κ1) is 67.6. The van der Waals surface area contributed by atoms with E-state index >= 15 is 0 Å². The number of benzene rings is 6. The molecule has 0 fully saturated rings. The maximum absolute atomic E-state index is 13.2. The number of anilines is 1. The van der Waals surface area contributed by atoms with Crippen LogP contribution in [0.5, 0.6) is 0 Å². The number of nitrogens with one attached hydrogen (secondary N) is 6. The lowest BCUT2D eigenvalue weighted by molar-refractivity contribution is -0.384. The SMILES string of the molecule is CC1(C)CCC(NC(=O)NC[C@H](NC(=O)c2c(Cl)ccc(N)c2Cl)C(=O)OCc2ccccc2)c2ccccc21.CC1(C)CCC(NC(=O)NC[C@H](NC(=O)c2c(Cl)ccc([N+](=O)[O-])c2Cl)C(=O)OCc2ccccc2)c2ccccc21.S.S. The maximum Gasteiger partial charge on any atom is 0.330 e. The summed E-state index contributed by atoms with van der Waals surface area (Å²) in [4.78, 5) is 88.9. The monoisotopic (exact) mass is 1260 g/mol. The molecule has 4 atom stereocenters. The van der Waals surface area contributed by atoms with Gasteiger partial charge in [0.1, 0.15) is 30.3 Å². The lowest BCUT2D eigenvalue weighted by Crippen LogP contribution is -2.51. The normalized spacial score (nSPS) is 15.7. The highest BCUT2D eigenvalue weighted by Crippen LogP contribution is 2.43. The molecule has 2 aliphatic rings. The number of nitrogens with two attached hydrogens (primary N) is 1. The van der Waals surface area contributed by atoms with Crippen LogP contribution in [0.25, 0.3) is 0 Å². The van der Waals surface area contributed by atoms with Gasteiger partial charge in [-0.1, -0.05) is 183 Å². The van der Waals surface area contributed by atoms with E-state index in [9.17, 15) is 38.9 Å². The van der Waals surface area contributed by atoms with Crippen molar-refractivity contribution >= 4 is 121 Å². The number of carbonyl (C=O) groups excluding carboxylic acids is 6. The summed E-state index contributed by atoms with van der Waals surface area (Å²) in [6, 6.07) is 35.1. The number of nitro benzene ring substituents is 1. The number of hydrogen-bond donors (Lipinski definition) is 7. The summed E-state index contributed by atoms with van der Waals surface area (Å²) in [5.74, 6) is -3.25. The highest BCUT2D eigenvalue weighted by Gasteiger charge is 2.36. The summed E-state index contributed by atoms with van der Waals surface area (Å²) >= 11 is 24.7. The molecule has 0 radical (unpaired) electrons. The smallest absolute Gasteiger partial charge is 0.330 e. The van der Waals surface area contributed by atoms with Crippen LogP contribution in [0.1, 0.15) is 120 Å². The summed E-state index contributed by atoms with van der Waals surface area (Å²) < 4.78 is 10.8. The Morgan fingerprint density at radius 2 is 0.952 bits per heavy atom. The molecule has 2 aliphatic carbocycles. The fourth-order valence-electron chi connectivity index (χ4n) is 9.71. The van der Waals surface area contributed by atoms with Crippen molar-refractivity contribution in [2.24, 2.45) is 0 Å². The Kier molecular flexibility index (Phi) is 24.6. The Balaban J connectivity index is 0.000000300. The highest BCUT2D eigenvalue weighted by atomic mass is 35.5. The van der Waals surface area contributed by atoms with Crippen LogP contribution in [0, 0.1) is 10.1 Å². The van der Waals surface area contributed by atoms with Crippen molar-refractivity contribution in [1.82, 2.24) is 31.9 Å². The summed E-state index contributed by atoms with van der Waals surface area (Å²) in [7, 11) is 0. The van der Waals surface area contributed by atoms with Gasteiger partial charge in [-0.15, -0.1) is 0 Å². The zero-order chi connectivity index (χ0) is 59.3. The van der Waals surface area contributed by atoms with Crippen LogP contribution in [0.2, 0.25) is 20.1 Å². The van der Waals surface area contributed by atoms with Gasteiger partial charge in [0.25, 0.3) is 17.5 Å². The van der Waals surface area contributed by atoms with Crippen LogP contribution in [-0.2, 0) is 43.1 Å². The first-order chi connectivity index (χ1) is 39.0. The first-order valence-corrected chi connectivity index (χ1v) is 27.7. The molecule has 0 saturated carbocycles. The summed E-state index contributed by atoms with van der Waals surface area (Å²) in [6.45, 7) is 8.05. The van der Waals surface area contributed by atoms with Crippen LogP contribution >= 0.6 is 73.4 Å². The first-order valence-electron chi connectivity index (χ1n) is 26.2. The summed E-state index contributed by atoms with van der Waals surface area (Å²) in [5, 5.41) is 27.1. The van der Waals surface area contributed by atoms with Gasteiger partial charge in [-0.05, 0) is 88.1 Å². The molecule has 8 N–H and O–H groups in total. The van der Waals surface area contributed by atoms with Crippen LogP contribution in [0.4, 0.5) is 21.0 Å². The minimum Gasteiger partial charge on any atom is -0.459 e. The number of esters is 2. The second-order valence-electron chi connectivity index (χ2n) is 20.9. The second-order valence-corrected chi connectivity index (χ2v) is 22.5. The molecule has 0 saturated heterocycles. The van der Waals surface area contributed by atoms with Crippen molar-refractivity contribution < 1.29 is 43.2 Å². The predicted molar refractivity (Wildman–Crippen MR) is 336 cm³/mol. The lowest BCUT2D eigenvalue weighted by atomic mass is 9.71. The number of nitro groups is 1. The third-order valence-corrected chi connectivity index (χ3v) is 15.7. The fourth-order valence-corrected chi connectivity index (χ4v) is 10.9. The Morgan fingerprint density at radius 1 is 0.571 bits per heavy atom. The second kappa shape index (κ2) is 30.6. The fraction of sp³-hybridized carbons (Fsp3) is 0.300. The number of nitrogens with zero attached hydrogens (tertiary/aromatic N) is 1. The van der Waals surface area contributed by atoms with E-state index in [1.165, 1.54) is 17.7 Å². The molecule has 0 aliphatic heterocycles. The molecular weight excluding hydrogens is 1200 g/mol. The van der Waals surface area contributed by atoms with Crippen molar-refractivity contribution in [1.29, 1.82) is 0 Å². The highest BCUT2D eigenvalue weighted by molar-refractivity contribution is 7.59. The van der Waals surface area contributed by atoms with Crippen LogP contribution < -0.4 is 37.6 Å². The maximum atomic E-state index is 13.2. The molecule has 24 heteroatoms. The van der Waals surface area contributed by atoms with Crippen LogP contribution in [-0.4, -0.2) is 65.9 Å². The Bertz CT molecular complexity index is 3350. The molecule has 0 bridgehead atoms. The molecule has 0 spiro atoms. The van der Waals surface area contributed by atoms with Crippen molar-refractivity contribution in [3.05, 3.63) is 208 Å². The number of urea groups is 2. The molecule has 446 valence electrons. The number of fused-ring (bicyclic) bond motifs is 2. The average molecular weight is 1270 g/mol. The van der Waals surface area contributed by atoms with Crippen molar-refractivity contribution in [3.63, 3.8) is 0 Å². The standard InChI is InChI=1S/C30H30Cl2N4O6.C30H32Cl2N4O4.2H2S/c1-30(2)15-14-22(19-10-6-7-11-20(19)30)35-29(39)33-16-23(28(38)42-17-18-8-4-3-5-9-18)34-27(37)25-21(31)12-13-24(26(25)32)36(40)41;1-30(2)15-14-23(19-10-6-7-11-20(19)30)36-29(39)34-16-24(28(38)40-17-18-8-4-3-5-9-18)35-27(37)25-21(31)12-13-22(33)26(25)32;;/h3-13,22-23H,14-17H2,1-2H3,(H,34,37)(H2,33,35,39);3-13,23-24H,14-17,33H2,1-2H3,(H,35,37)(H2,34,36,39);2*1H2/t22?,23-;23?,24-;;/m00../s1. The Morgan fingerprint density at radius 3 is 1.37 bits per heavy atom. The van der Waals surface area contributed by atoms with E-state index in [1.807, 2.05) is 72.8 Å². The number of ether oxygens (including phenoxy) is 2. The quantitative estimate of drug-likeness (QED) is 0.0195. The molecule has 6 amide bonds. The summed E-state index contributed by atoms with van der Waals surface area (Å²) in [5.41, 5.74) is 10.9. The molecular formula is C60H66Cl4N8O10S2. The number of carbonyl (C=O) groups is 6. The van der Waals surface area contributed by atoms with E-state index in [0.29, 0.717) is 5.56 Å². The van der Waals surface area contributed by atoms with Gasteiger partial charge in [-0.25, -0.2) is 19.2 Å². The largest absolute Gasteiger partial charge is 0.459 e. The van der Waals surface area contributed by atoms with E-state index in [4.69, 9.17) is 61.6 Å². The van der Waals surface area contributed by atoms with E-state index in [1.54, 1.807) is 24.3 Å². The number of amides is 6. The predicted octanol–water partition coefficient (Wildman–Crippen LogP) is 11.6. The van der Waals surface area contributed by atoms with Gasteiger partial charge in [0.05, 0.1) is 62.0 Å². The number of rotatable bonds is 17. The van der Waals surface area contributed by atoms with Gasteiger partial charge < -0.3 is 47.1 Å². The molecule has 8 rings (SSSR count). The summed E-state index contributed by atoms with van der Waals surface area (Å²) in [6.07, 6.45) is 3.26. The van der Waals surface area contributed by atoms with Gasteiger partial charge in [0.15, 0.2) is 0 Å². The molecule has 0 aromatic heterocycles. The topological polar surface area (TPSA) is 262 Å². The molecule has 6 aromatic carbocycles. The third kappa shape index (κ3) is 17.4. The number of halogens is 4. The molecule has 84 heavy (non-hydrogen) atoms. The van der Waals surface area contributed by atoms with Crippen molar-refractivity contribution in [2.45, 2.75) is 102 Å². The number of hydrogen-bond acceptors (Lipinski definition) is 11. The van der Waals surface area contributed by atoms with E-state index in [0.717, 1.165) is 60.1 Å². The molecule has 18 nitrogen and oxygen atoms in total. The van der Waals surface area contributed by atoms with Gasteiger partial charge >= 0.3 is 24.0 Å². The Labute approximate surface area is 521 Å². The van der Waals surface area contributed by atoms with Crippen LogP contribution in [0.15, 0.2) is 133 Å². The zero-order valence-electron chi connectivity index (χ0n) is 46.3. The molecule has 6 aromatic rings. The lowest BCUT2D eigenvalue weighted by Gasteiger charge is -2.37. The number of nitrogen functional groups attached to an aromatic ring is 1. The van der Waals surface area contributed by atoms with Gasteiger partial charge in [-0.3, -0.25) is 19.7 Å². The minimum absolute atomic E-state index is 0. The van der Waals surface area contributed by atoms with E-state index < -0.39 is 63.5 Å². The van der Waals surface area contributed by atoms with Gasteiger partial charge in [-0.2, -0.15) is 27.0 Å². The van der Waals surface area contributed by atoms with Crippen LogP contribution in [0.3, 0.4) is 0 Å². The van der Waals surface area contributed by atoms with E-state index in [-0.39, 0.29) is 108 Å².